The van der Waals surface area contributed by atoms with Crippen LogP contribution in [0.4, 0.5) is 0 Å². The number of nitrogens with one attached hydrogen (secondary N) is 3. The van der Waals surface area contributed by atoms with Crippen LogP contribution in [0.15, 0.2) is 35.5 Å². The fourth-order valence-electron chi connectivity index (χ4n) is 2.87. The quantitative estimate of drug-likeness (QED) is 0.652. The number of rotatable bonds is 6. The van der Waals surface area contributed by atoms with Gasteiger partial charge in [0, 0.05) is 12.6 Å². The first-order valence-corrected chi connectivity index (χ1v) is 9.52. The van der Waals surface area contributed by atoms with Gasteiger partial charge in [-0.2, -0.15) is 5.10 Å². The molecule has 0 amide bonds. The van der Waals surface area contributed by atoms with E-state index >= 15 is 0 Å². The molecule has 1 unspecified atom stereocenters. The van der Waals surface area contributed by atoms with Gasteiger partial charge in [-0.25, -0.2) is 17.9 Å². The predicted molar refractivity (Wildman–Crippen MR) is 90.6 cm³/mol. The number of fused-ring (bicyclic) bond motifs is 1. The van der Waals surface area contributed by atoms with Crippen molar-refractivity contribution in [3.63, 3.8) is 0 Å². The second-order valence-electron chi connectivity index (χ2n) is 5.64. The van der Waals surface area contributed by atoms with Gasteiger partial charge in [-0.05, 0) is 31.0 Å². The molecule has 0 saturated carbocycles. The molecule has 9 heteroatoms. The van der Waals surface area contributed by atoms with Crippen molar-refractivity contribution in [2.75, 3.05) is 19.7 Å². The highest BCUT2D eigenvalue weighted by Gasteiger charge is 2.27. The normalized spacial score (nSPS) is 17.1. The van der Waals surface area contributed by atoms with E-state index in [2.05, 4.69) is 20.2 Å². The number of carbonyl (C=O) groups is 1. The maximum atomic E-state index is 12.6. The average Bonchev–Trinajstić information content (AvgIpc) is 3.11. The summed E-state index contributed by atoms with van der Waals surface area (Å²) in [6, 6.07) is 7.81. The van der Waals surface area contributed by atoms with Crippen LogP contribution >= 0.6 is 0 Å². The molecule has 1 aromatic heterocycles. The van der Waals surface area contributed by atoms with Gasteiger partial charge in [0.2, 0.25) is 0 Å². The maximum Gasteiger partial charge on any atom is 0.342 e. The van der Waals surface area contributed by atoms with Gasteiger partial charge in [0.1, 0.15) is 5.56 Å². The fourth-order valence-corrected chi connectivity index (χ4v) is 4.00. The number of hydrogen-bond acceptors (Lipinski definition) is 6. The van der Waals surface area contributed by atoms with Gasteiger partial charge in [-0.1, -0.05) is 24.3 Å². The molecule has 134 valence electrons. The predicted octanol–water partition coefficient (Wildman–Crippen LogP) is 0.752. The molecule has 1 aliphatic heterocycles. The van der Waals surface area contributed by atoms with Crippen molar-refractivity contribution < 1.29 is 17.9 Å². The number of benzene rings is 1. The van der Waals surface area contributed by atoms with Gasteiger partial charge in [0.05, 0.1) is 12.8 Å². The molecular formula is C16H20N4O4S. The Kier molecular flexibility index (Phi) is 5.16. The lowest BCUT2D eigenvalue weighted by atomic mass is 9.95. The number of esters is 1. The second kappa shape index (κ2) is 7.34. The molecular weight excluding hydrogens is 344 g/mol. The first kappa shape index (κ1) is 17.6. The molecule has 0 fully saturated rings. The van der Waals surface area contributed by atoms with Crippen molar-refractivity contribution in [1.82, 2.24) is 20.2 Å². The number of carbonyl (C=O) groups excluding carboxylic acids is 1. The minimum atomic E-state index is -3.92. The molecule has 8 nitrogen and oxygen atoms in total. The number of sulfonamides is 1. The van der Waals surface area contributed by atoms with Gasteiger partial charge in [0.15, 0.2) is 5.03 Å². The first-order valence-electron chi connectivity index (χ1n) is 8.04. The van der Waals surface area contributed by atoms with Crippen molar-refractivity contribution >= 4 is 16.0 Å². The van der Waals surface area contributed by atoms with Crippen LogP contribution in [0.2, 0.25) is 0 Å². The first-order chi connectivity index (χ1) is 12.0. The van der Waals surface area contributed by atoms with Crippen molar-refractivity contribution in [1.29, 1.82) is 0 Å². The number of nitrogens with zero attached hydrogens (tertiary/aromatic N) is 1. The van der Waals surface area contributed by atoms with Crippen LogP contribution in [0, 0.1) is 0 Å². The average molecular weight is 364 g/mol. The minimum absolute atomic E-state index is 0.105. The van der Waals surface area contributed by atoms with E-state index in [9.17, 15) is 13.2 Å². The molecule has 0 bridgehead atoms. The van der Waals surface area contributed by atoms with Gasteiger partial charge < -0.3 is 10.1 Å². The summed E-state index contributed by atoms with van der Waals surface area (Å²) in [4.78, 5) is 11.9. The topological polar surface area (TPSA) is 113 Å². The monoisotopic (exact) mass is 364 g/mol. The van der Waals surface area contributed by atoms with Crippen molar-refractivity contribution in [3.05, 3.63) is 47.2 Å². The van der Waals surface area contributed by atoms with Crippen LogP contribution in [0.25, 0.3) is 0 Å². The highest BCUT2D eigenvalue weighted by Crippen LogP contribution is 2.22. The highest BCUT2D eigenvalue weighted by molar-refractivity contribution is 7.89. The van der Waals surface area contributed by atoms with E-state index in [4.69, 9.17) is 4.74 Å². The van der Waals surface area contributed by atoms with E-state index in [1.165, 1.54) is 5.56 Å². The zero-order valence-corrected chi connectivity index (χ0v) is 14.6. The van der Waals surface area contributed by atoms with Crippen LogP contribution in [0.1, 0.15) is 34.5 Å². The van der Waals surface area contributed by atoms with Gasteiger partial charge in [-0.3, -0.25) is 5.10 Å². The van der Waals surface area contributed by atoms with Crippen LogP contribution in [0.3, 0.4) is 0 Å². The van der Waals surface area contributed by atoms with E-state index in [1.54, 1.807) is 6.92 Å². The zero-order valence-electron chi connectivity index (χ0n) is 13.8. The molecule has 1 atom stereocenters. The van der Waals surface area contributed by atoms with Crippen molar-refractivity contribution in [2.24, 2.45) is 0 Å². The minimum Gasteiger partial charge on any atom is -0.462 e. The zero-order chi connectivity index (χ0) is 17.9. The number of ether oxygens (including phenoxy) is 1. The Balaban J connectivity index is 1.76. The lowest BCUT2D eigenvalue weighted by Crippen LogP contribution is -2.39. The van der Waals surface area contributed by atoms with Crippen molar-refractivity contribution in [2.45, 2.75) is 24.4 Å². The summed E-state index contributed by atoms with van der Waals surface area (Å²) in [5.74, 6) is -0.724. The Hall–Kier alpha value is -2.23. The summed E-state index contributed by atoms with van der Waals surface area (Å²) < 4.78 is 32.5. The molecule has 1 aromatic carbocycles. The maximum absolute atomic E-state index is 12.6. The largest absolute Gasteiger partial charge is 0.462 e. The smallest absolute Gasteiger partial charge is 0.342 e. The summed E-state index contributed by atoms with van der Waals surface area (Å²) in [5.41, 5.74) is 2.18. The molecule has 2 aromatic rings. The summed E-state index contributed by atoms with van der Waals surface area (Å²) in [5, 5.41) is 9.06. The third kappa shape index (κ3) is 3.73. The van der Waals surface area contributed by atoms with Crippen LogP contribution < -0.4 is 10.0 Å². The van der Waals surface area contributed by atoms with E-state index in [-0.39, 0.29) is 29.8 Å². The molecule has 25 heavy (non-hydrogen) atoms. The molecule has 0 aliphatic carbocycles. The lowest BCUT2D eigenvalue weighted by Gasteiger charge is -2.27. The Morgan fingerprint density at radius 3 is 3.00 bits per heavy atom. The summed E-state index contributed by atoms with van der Waals surface area (Å²) in [7, 11) is -3.92. The van der Waals surface area contributed by atoms with Crippen molar-refractivity contribution in [3.8, 4) is 0 Å². The highest BCUT2D eigenvalue weighted by atomic mass is 32.2. The standard InChI is InChI=1S/C16H20N4O4S/c1-2-24-16(21)13-9-18-20-15(13)25(22,23)19-10-14-12-6-4-3-5-11(12)7-8-17-14/h3-6,9,14,17,19H,2,7-8,10H2,1H3,(H,18,20). The Morgan fingerprint density at radius 1 is 1.40 bits per heavy atom. The number of aromatic nitrogens is 2. The SMILES string of the molecule is CCOC(=O)c1cn[nH]c1S(=O)(=O)NCC1NCCc2ccccc21. The number of hydrogen-bond donors (Lipinski definition) is 3. The lowest BCUT2D eigenvalue weighted by molar-refractivity contribution is 0.0522. The molecule has 0 spiro atoms. The Morgan fingerprint density at radius 2 is 2.20 bits per heavy atom. The summed E-state index contributed by atoms with van der Waals surface area (Å²) in [6.07, 6.45) is 2.06. The second-order valence-corrected chi connectivity index (χ2v) is 7.34. The van der Waals surface area contributed by atoms with Gasteiger partial charge in [0.25, 0.3) is 10.0 Å². The third-order valence-electron chi connectivity index (χ3n) is 4.06. The molecule has 0 radical (unpaired) electrons. The number of H-pyrrole nitrogens is 1. The Labute approximate surface area is 146 Å². The van der Waals surface area contributed by atoms with E-state index < -0.39 is 16.0 Å². The van der Waals surface area contributed by atoms with Crippen LogP contribution in [0.5, 0.6) is 0 Å². The fraction of sp³-hybridized carbons (Fsp3) is 0.375. The third-order valence-corrected chi connectivity index (χ3v) is 5.46. The van der Waals surface area contributed by atoms with E-state index in [0.29, 0.717) is 0 Å². The summed E-state index contributed by atoms with van der Waals surface area (Å²) in [6.45, 7) is 2.75. The molecule has 3 N–H and O–H groups in total. The summed E-state index contributed by atoms with van der Waals surface area (Å²) >= 11 is 0. The molecule has 0 saturated heterocycles. The van der Waals surface area contributed by atoms with Crippen LogP contribution in [-0.2, 0) is 21.2 Å². The number of aromatic amines is 1. The van der Waals surface area contributed by atoms with Crippen LogP contribution in [-0.4, -0.2) is 44.3 Å². The van der Waals surface area contributed by atoms with E-state index in [0.717, 1.165) is 24.7 Å². The molecule has 2 heterocycles. The van der Waals surface area contributed by atoms with E-state index in [1.807, 2.05) is 24.3 Å². The van der Waals surface area contributed by atoms with Gasteiger partial charge in [-0.15, -0.1) is 0 Å². The molecule has 3 rings (SSSR count). The molecule has 1 aliphatic rings. The Bertz CT molecular complexity index is 863. The van der Waals surface area contributed by atoms with Gasteiger partial charge >= 0.3 is 5.97 Å².